The molecular weight excluding hydrogens is 195 g/mol. The molecule has 1 aliphatic heterocycles. The van der Waals surface area contributed by atoms with Gasteiger partial charge in [-0.25, -0.2) is 0 Å². The molecular formula is C8H8F3N3. The molecule has 0 atom stereocenters. The number of anilines is 2. The quantitative estimate of drug-likeness (QED) is 0.601. The lowest BCUT2D eigenvalue weighted by Crippen LogP contribution is -2.62. The van der Waals surface area contributed by atoms with Crippen molar-refractivity contribution in [2.24, 2.45) is 5.73 Å². The topological polar surface area (TPSA) is 50.1 Å². The minimum absolute atomic E-state index is 0.354. The van der Waals surface area contributed by atoms with E-state index in [1.165, 1.54) is 12.1 Å². The summed E-state index contributed by atoms with van der Waals surface area (Å²) in [5.74, 6) is -2.56. The molecule has 0 radical (unpaired) electrons. The summed E-state index contributed by atoms with van der Waals surface area (Å²) in [6.07, 6.45) is -4.55. The largest absolute Gasteiger partial charge is 0.445 e. The Labute approximate surface area is 78.1 Å². The highest BCUT2D eigenvalue weighted by atomic mass is 19.4. The van der Waals surface area contributed by atoms with E-state index in [2.05, 4.69) is 10.6 Å². The van der Waals surface area contributed by atoms with Crippen LogP contribution in [0.25, 0.3) is 0 Å². The number of fused-ring (bicyclic) bond motifs is 1. The molecule has 0 saturated heterocycles. The summed E-state index contributed by atoms with van der Waals surface area (Å²) in [6.45, 7) is 0. The van der Waals surface area contributed by atoms with Crippen LogP contribution < -0.4 is 16.4 Å². The van der Waals surface area contributed by atoms with Crippen LogP contribution in [0.15, 0.2) is 24.3 Å². The van der Waals surface area contributed by atoms with Crippen molar-refractivity contribution in [1.82, 2.24) is 0 Å². The van der Waals surface area contributed by atoms with Gasteiger partial charge in [-0.15, -0.1) is 0 Å². The van der Waals surface area contributed by atoms with Crippen molar-refractivity contribution in [3.63, 3.8) is 0 Å². The summed E-state index contributed by atoms with van der Waals surface area (Å²) in [5.41, 5.74) is 5.85. The Bertz CT molecular complexity index is 336. The van der Waals surface area contributed by atoms with Crippen LogP contribution in [-0.4, -0.2) is 12.0 Å². The van der Waals surface area contributed by atoms with E-state index >= 15 is 0 Å². The van der Waals surface area contributed by atoms with Crippen molar-refractivity contribution in [2.45, 2.75) is 12.0 Å². The number of halogens is 3. The third-order valence-corrected chi connectivity index (χ3v) is 2.04. The molecule has 0 spiro atoms. The van der Waals surface area contributed by atoms with Crippen molar-refractivity contribution in [2.75, 3.05) is 10.6 Å². The Kier molecular flexibility index (Phi) is 1.66. The zero-order valence-corrected chi connectivity index (χ0v) is 7.02. The van der Waals surface area contributed by atoms with Crippen LogP contribution in [-0.2, 0) is 0 Å². The van der Waals surface area contributed by atoms with Crippen molar-refractivity contribution in [1.29, 1.82) is 0 Å². The van der Waals surface area contributed by atoms with Crippen molar-refractivity contribution in [3.05, 3.63) is 24.3 Å². The van der Waals surface area contributed by atoms with E-state index in [9.17, 15) is 13.2 Å². The molecule has 4 N–H and O–H groups in total. The SMILES string of the molecule is NC1(C(F)(F)F)Nc2ccccc2N1. The number of hydrogen-bond acceptors (Lipinski definition) is 3. The third kappa shape index (κ3) is 1.19. The van der Waals surface area contributed by atoms with Gasteiger partial charge in [0.2, 0.25) is 0 Å². The van der Waals surface area contributed by atoms with Crippen LogP contribution in [0.2, 0.25) is 0 Å². The molecule has 2 rings (SSSR count). The standard InChI is InChI=1S/C8H8F3N3/c9-7(10,11)8(12)13-5-3-1-2-4-6(5)14-8/h1-4,13-14H,12H2. The zero-order chi connectivity index (χ0) is 10.4. The molecule has 14 heavy (non-hydrogen) atoms. The number of nitrogens with one attached hydrogen (secondary N) is 2. The zero-order valence-electron chi connectivity index (χ0n) is 7.02. The maximum Gasteiger partial charge on any atom is 0.445 e. The number of hydrogen-bond donors (Lipinski definition) is 3. The van der Waals surface area contributed by atoms with E-state index < -0.39 is 12.0 Å². The molecule has 1 aliphatic rings. The van der Waals surface area contributed by atoms with Crippen LogP contribution in [0.3, 0.4) is 0 Å². The van der Waals surface area contributed by atoms with E-state index in [1.807, 2.05) is 0 Å². The van der Waals surface area contributed by atoms with E-state index in [-0.39, 0.29) is 0 Å². The maximum atomic E-state index is 12.5. The first-order valence-electron chi connectivity index (χ1n) is 3.93. The molecule has 0 fully saturated rings. The van der Waals surface area contributed by atoms with Gasteiger partial charge in [0.15, 0.2) is 0 Å². The van der Waals surface area contributed by atoms with E-state index in [4.69, 9.17) is 5.73 Å². The highest BCUT2D eigenvalue weighted by molar-refractivity contribution is 5.76. The lowest BCUT2D eigenvalue weighted by molar-refractivity contribution is -0.168. The average molecular weight is 203 g/mol. The maximum absolute atomic E-state index is 12.5. The minimum atomic E-state index is -4.55. The Morgan fingerprint density at radius 2 is 1.50 bits per heavy atom. The minimum Gasteiger partial charge on any atom is -0.341 e. The van der Waals surface area contributed by atoms with E-state index in [0.29, 0.717) is 11.4 Å². The van der Waals surface area contributed by atoms with Crippen LogP contribution in [0.4, 0.5) is 24.5 Å². The van der Waals surface area contributed by atoms with Gasteiger partial charge in [0.05, 0.1) is 11.4 Å². The van der Waals surface area contributed by atoms with Gasteiger partial charge < -0.3 is 10.6 Å². The Morgan fingerprint density at radius 3 is 1.86 bits per heavy atom. The molecule has 1 aromatic carbocycles. The molecule has 76 valence electrons. The molecule has 3 nitrogen and oxygen atoms in total. The molecule has 0 saturated carbocycles. The van der Waals surface area contributed by atoms with Gasteiger partial charge in [-0.3, -0.25) is 5.73 Å². The fraction of sp³-hybridized carbons (Fsp3) is 0.250. The van der Waals surface area contributed by atoms with Crippen molar-refractivity contribution >= 4 is 11.4 Å². The third-order valence-electron chi connectivity index (χ3n) is 2.04. The molecule has 0 aromatic heterocycles. The average Bonchev–Trinajstić information content (AvgIpc) is 2.40. The van der Waals surface area contributed by atoms with Crippen molar-refractivity contribution in [3.8, 4) is 0 Å². The number of para-hydroxylation sites is 2. The first kappa shape index (κ1) is 9.14. The van der Waals surface area contributed by atoms with E-state index in [1.54, 1.807) is 12.1 Å². The fourth-order valence-electron chi connectivity index (χ4n) is 1.30. The van der Waals surface area contributed by atoms with Crippen LogP contribution in [0.5, 0.6) is 0 Å². The summed E-state index contributed by atoms with van der Waals surface area (Å²) < 4.78 is 37.4. The summed E-state index contributed by atoms with van der Waals surface area (Å²) in [4.78, 5) is 0. The van der Waals surface area contributed by atoms with Gasteiger partial charge in [-0.1, -0.05) is 12.1 Å². The van der Waals surface area contributed by atoms with E-state index in [0.717, 1.165) is 0 Å². The van der Waals surface area contributed by atoms with Gasteiger partial charge in [-0.2, -0.15) is 13.2 Å². The molecule has 0 bridgehead atoms. The second-order valence-corrected chi connectivity index (χ2v) is 3.10. The summed E-state index contributed by atoms with van der Waals surface area (Å²) >= 11 is 0. The smallest absolute Gasteiger partial charge is 0.341 e. The monoisotopic (exact) mass is 203 g/mol. The lowest BCUT2D eigenvalue weighted by Gasteiger charge is -2.27. The Morgan fingerprint density at radius 1 is 1.07 bits per heavy atom. The van der Waals surface area contributed by atoms with Gasteiger partial charge in [0, 0.05) is 0 Å². The normalized spacial score (nSPS) is 18.3. The number of rotatable bonds is 0. The van der Waals surface area contributed by atoms with Crippen LogP contribution in [0.1, 0.15) is 0 Å². The van der Waals surface area contributed by atoms with Crippen LogP contribution in [0, 0.1) is 0 Å². The van der Waals surface area contributed by atoms with Crippen molar-refractivity contribution < 1.29 is 13.2 Å². The Balaban J connectivity index is 2.35. The predicted molar refractivity (Wildman–Crippen MR) is 46.7 cm³/mol. The first-order valence-corrected chi connectivity index (χ1v) is 3.93. The molecule has 1 heterocycles. The first-order chi connectivity index (χ1) is 6.42. The van der Waals surface area contributed by atoms with Crippen LogP contribution >= 0.6 is 0 Å². The number of benzene rings is 1. The second-order valence-electron chi connectivity index (χ2n) is 3.10. The molecule has 6 heteroatoms. The number of nitrogens with two attached hydrogens (primary N) is 1. The van der Waals surface area contributed by atoms with Gasteiger partial charge >= 0.3 is 6.18 Å². The summed E-state index contributed by atoms with van der Waals surface area (Å²) in [6, 6.07) is 6.33. The fourth-order valence-corrected chi connectivity index (χ4v) is 1.30. The lowest BCUT2D eigenvalue weighted by atomic mass is 10.3. The van der Waals surface area contributed by atoms with Gasteiger partial charge in [0.1, 0.15) is 0 Å². The van der Waals surface area contributed by atoms with Gasteiger partial charge in [0.25, 0.3) is 5.79 Å². The highest BCUT2D eigenvalue weighted by Gasteiger charge is 2.55. The van der Waals surface area contributed by atoms with Gasteiger partial charge in [-0.05, 0) is 12.1 Å². The Hall–Kier alpha value is -1.43. The number of alkyl halides is 3. The summed E-state index contributed by atoms with van der Waals surface area (Å²) in [7, 11) is 0. The molecule has 0 unspecified atom stereocenters. The molecule has 0 aliphatic carbocycles. The second kappa shape index (κ2) is 2.54. The molecule has 0 amide bonds. The summed E-state index contributed by atoms with van der Waals surface area (Å²) in [5, 5.41) is 4.38. The predicted octanol–water partition coefficient (Wildman–Crippen LogP) is 1.70. The molecule has 1 aromatic rings. The highest BCUT2D eigenvalue weighted by Crippen LogP contribution is 2.39.